The molecular formula is C18H27NO2. The maximum absolute atomic E-state index is 6.05. The predicted octanol–water partition coefficient (Wildman–Crippen LogP) is 3.32. The molecule has 2 heterocycles. The average Bonchev–Trinajstić information content (AvgIpc) is 2.96. The number of fused-ring (bicyclic) bond motifs is 1. The first-order valence-corrected chi connectivity index (χ1v) is 8.36. The third-order valence-electron chi connectivity index (χ3n) is 5.13. The second-order valence-corrected chi connectivity index (χ2v) is 6.39. The van der Waals surface area contributed by atoms with Crippen LogP contribution in [0.15, 0.2) is 24.3 Å². The van der Waals surface area contributed by atoms with Crippen LogP contribution in [-0.2, 0) is 11.2 Å². The van der Waals surface area contributed by atoms with Crippen molar-refractivity contribution in [3.8, 4) is 5.75 Å². The van der Waals surface area contributed by atoms with Crippen molar-refractivity contribution in [3.63, 3.8) is 0 Å². The van der Waals surface area contributed by atoms with Crippen molar-refractivity contribution >= 4 is 0 Å². The Hall–Kier alpha value is -1.06. The van der Waals surface area contributed by atoms with E-state index in [0.29, 0.717) is 6.04 Å². The summed E-state index contributed by atoms with van der Waals surface area (Å²) < 4.78 is 12.1. The van der Waals surface area contributed by atoms with E-state index >= 15 is 0 Å². The van der Waals surface area contributed by atoms with Crippen molar-refractivity contribution in [2.45, 2.75) is 63.7 Å². The molecule has 0 saturated carbocycles. The zero-order valence-corrected chi connectivity index (χ0v) is 13.2. The van der Waals surface area contributed by atoms with Crippen LogP contribution in [0.4, 0.5) is 0 Å². The van der Waals surface area contributed by atoms with E-state index in [2.05, 4.69) is 37.4 Å². The lowest BCUT2D eigenvalue weighted by molar-refractivity contribution is -0.0935. The second kappa shape index (κ2) is 6.37. The number of hydrogen-bond acceptors (Lipinski definition) is 3. The van der Waals surface area contributed by atoms with Gasteiger partial charge in [0.15, 0.2) is 0 Å². The zero-order valence-electron chi connectivity index (χ0n) is 13.2. The maximum atomic E-state index is 6.05. The van der Waals surface area contributed by atoms with Crippen molar-refractivity contribution in [2.24, 2.45) is 0 Å². The van der Waals surface area contributed by atoms with E-state index in [-0.39, 0.29) is 11.7 Å². The van der Waals surface area contributed by atoms with Gasteiger partial charge in [-0.1, -0.05) is 32.0 Å². The van der Waals surface area contributed by atoms with E-state index in [1.165, 1.54) is 5.56 Å². The van der Waals surface area contributed by atoms with E-state index in [0.717, 1.165) is 51.0 Å². The summed E-state index contributed by atoms with van der Waals surface area (Å²) in [6.07, 6.45) is 5.75. The molecular weight excluding hydrogens is 262 g/mol. The first kappa shape index (κ1) is 14.9. The molecule has 0 radical (unpaired) electrons. The number of benzene rings is 1. The Bertz CT molecular complexity index is 445. The highest BCUT2D eigenvalue weighted by Gasteiger charge is 2.34. The number of ether oxygens (including phenoxy) is 2. The maximum Gasteiger partial charge on any atom is 0.123 e. The Balaban J connectivity index is 1.50. The fraction of sp³-hybridized carbons (Fsp3) is 0.667. The SMILES string of the molecule is CCC1(CC)CC(NCC2Cc3ccccc3O2)CCO1. The smallest absolute Gasteiger partial charge is 0.123 e. The Kier molecular flexibility index (Phi) is 4.51. The highest BCUT2D eigenvalue weighted by Crippen LogP contribution is 2.32. The molecule has 2 unspecified atom stereocenters. The van der Waals surface area contributed by atoms with Crippen molar-refractivity contribution < 1.29 is 9.47 Å². The van der Waals surface area contributed by atoms with Crippen LogP contribution < -0.4 is 10.1 Å². The third-order valence-corrected chi connectivity index (χ3v) is 5.13. The van der Waals surface area contributed by atoms with Gasteiger partial charge in [-0.15, -0.1) is 0 Å². The first-order valence-electron chi connectivity index (χ1n) is 8.36. The molecule has 0 amide bonds. The Morgan fingerprint density at radius 1 is 1.24 bits per heavy atom. The molecule has 1 aromatic carbocycles. The first-order chi connectivity index (χ1) is 10.2. The predicted molar refractivity (Wildman–Crippen MR) is 84.9 cm³/mol. The molecule has 0 aliphatic carbocycles. The lowest BCUT2D eigenvalue weighted by Gasteiger charge is -2.40. The van der Waals surface area contributed by atoms with Crippen LogP contribution in [0.25, 0.3) is 0 Å². The van der Waals surface area contributed by atoms with Crippen LogP contribution in [0, 0.1) is 0 Å². The van der Waals surface area contributed by atoms with Gasteiger partial charge in [-0.2, -0.15) is 0 Å². The number of para-hydroxylation sites is 1. The summed E-state index contributed by atoms with van der Waals surface area (Å²) in [4.78, 5) is 0. The lowest BCUT2D eigenvalue weighted by atomic mass is 9.86. The minimum absolute atomic E-state index is 0.0927. The van der Waals surface area contributed by atoms with E-state index in [1.54, 1.807) is 0 Å². The van der Waals surface area contributed by atoms with Gasteiger partial charge in [0.25, 0.3) is 0 Å². The van der Waals surface area contributed by atoms with E-state index < -0.39 is 0 Å². The molecule has 2 atom stereocenters. The molecule has 21 heavy (non-hydrogen) atoms. The molecule has 1 N–H and O–H groups in total. The molecule has 2 aliphatic rings. The van der Waals surface area contributed by atoms with Crippen molar-refractivity contribution in [2.75, 3.05) is 13.2 Å². The summed E-state index contributed by atoms with van der Waals surface area (Å²) in [6, 6.07) is 8.94. The quantitative estimate of drug-likeness (QED) is 0.902. The lowest BCUT2D eigenvalue weighted by Crippen LogP contribution is -2.48. The topological polar surface area (TPSA) is 30.5 Å². The van der Waals surface area contributed by atoms with Crippen LogP contribution in [0.5, 0.6) is 5.75 Å². The van der Waals surface area contributed by atoms with Gasteiger partial charge in [-0.25, -0.2) is 0 Å². The molecule has 116 valence electrons. The molecule has 2 aliphatic heterocycles. The van der Waals surface area contributed by atoms with Gasteiger partial charge in [-0.3, -0.25) is 0 Å². The fourth-order valence-electron chi connectivity index (χ4n) is 3.61. The van der Waals surface area contributed by atoms with Gasteiger partial charge in [0.05, 0.1) is 5.60 Å². The summed E-state index contributed by atoms with van der Waals surface area (Å²) in [5, 5.41) is 3.72. The summed E-state index contributed by atoms with van der Waals surface area (Å²) in [6.45, 7) is 6.29. The summed E-state index contributed by atoms with van der Waals surface area (Å²) in [7, 11) is 0. The largest absolute Gasteiger partial charge is 0.488 e. The van der Waals surface area contributed by atoms with Crippen LogP contribution in [0.1, 0.15) is 45.1 Å². The van der Waals surface area contributed by atoms with Gasteiger partial charge in [0.1, 0.15) is 11.9 Å². The summed E-state index contributed by atoms with van der Waals surface area (Å²) >= 11 is 0. The van der Waals surface area contributed by atoms with Crippen molar-refractivity contribution in [1.82, 2.24) is 5.32 Å². The molecule has 3 nitrogen and oxygen atoms in total. The second-order valence-electron chi connectivity index (χ2n) is 6.39. The zero-order chi connectivity index (χ0) is 14.7. The average molecular weight is 289 g/mol. The van der Waals surface area contributed by atoms with Gasteiger partial charge in [-0.05, 0) is 37.3 Å². The number of hydrogen-bond donors (Lipinski definition) is 1. The standard InChI is InChI=1S/C18H27NO2/c1-3-18(4-2)12-15(9-10-20-18)19-13-16-11-14-7-5-6-8-17(14)21-16/h5-8,15-16,19H,3-4,9-13H2,1-2H3. The Morgan fingerprint density at radius 2 is 2.05 bits per heavy atom. The molecule has 1 aromatic rings. The van der Waals surface area contributed by atoms with Crippen LogP contribution in [0.3, 0.4) is 0 Å². The van der Waals surface area contributed by atoms with Crippen LogP contribution >= 0.6 is 0 Å². The number of rotatable bonds is 5. The highest BCUT2D eigenvalue weighted by atomic mass is 16.5. The molecule has 0 bridgehead atoms. The van der Waals surface area contributed by atoms with Gasteiger partial charge in [0.2, 0.25) is 0 Å². The van der Waals surface area contributed by atoms with E-state index in [4.69, 9.17) is 9.47 Å². The van der Waals surface area contributed by atoms with Gasteiger partial charge >= 0.3 is 0 Å². The van der Waals surface area contributed by atoms with E-state index in [1.807, 2.05) is 6.07 Å². The summed E-state index contributed by atoms with van der Waals surface area (Å²) in [5.74, 6) is 1.06. The molecule has 1 saturated heterocycles. The third kappa shape index (κ3) is 3.24. The monoisotopic (exact) mass is 289 g/mol. The molecule has 3 rings (SSSR count). The minimum Gasteiger partial charge on any atom is -0.488 e. The van der Waals surface area contributed by atoms with Crippen LogP contribution in [0.2, 0.25) is 0 Å². The molecule has 3 heteroatoms. The van der Waals surface area contributed by atoms with Crippen molar-refractivity contribution in [3.05, 3.63) is 29.8 Å². The van der Waals surface area contributed by atoms with Crippen molar-refractivity contribution in [1.29, 1.82) is 0 Å². The highest BCUT2D eigenvalue weighted by molar-refractivity contribution is 5.37. The number of nitrogens with one attached hydrogen (secondary N) is 1. The van der Waals surface area contributed by atoms with E-state index in [9.17, 15) is 0 Å². The van der Waals surface area contributed by atoms with Crippen LogP contribution in [-0.4, -0.2) is 30.9 Å². The summed E-state index contributed by atoms with van der Waals surface area (Å²) in [5.41, 5.74) is 1.43. The molecule has 1 fully saturated rings. The molecule has 0 aromatic heterocycles. The normalized spacial score (nSPS) is 27.1. The Labute approximate surface area is 128 Å². The minimum atomic E-state index is 0.0927. The van der Waals surface area contributed by atoms with Gasteiger partial charge in [0, 0.05) is 25.6 Å². The Morgan fingerprint density at radius 3 is 2.81 bits per heavy atom. The molecule has 0 spiro atoms. The fourth-order valence-corrected chi connectivity index (χ4v) is 3.61. The van der Waals surface area contributed by atoms with Gasteiger partial charge < -0.3 is 14.8 Å².